The average molecular weight is 210 g/mol. The van der Waals surface area contributed by atoms with Crippen LogP contribution in [0.15, 0.2) is 0 Å². The predicted molar refractivity (Wildman–Crippen MR) is 52.1 cm³/mol. The largest absolute Gasteiger partial charge is 0.394 e. The second kappa shape index (κ2) is 7.53. The van der Waals surface area contributed by atoms with E-state index in [1.807, 2.05) is 0 Å². The SMILES string of the molecule is B[C@@H](CO)O[C@@H](CO)CC[PH](=O)O. The lowest BCUT2D eigenvalue weighted by Crippen LogP contribution is -2.28. The molecule has 0 aliphatic heterocycles. The van der Waals surface area contributed by atoms with Crippen LogP contribution in [0, 0.1) is 0 Å². The van der Waals surface area contributed by atoms with E-state index >= 15 is 0 Å². The highest BCUT2D eigenvalue weighted by atomic mass is 31.1. The van der Waals surface area contributed by atoms with Crippen molar-refractivity contribution >= 4 is 15.9 Å². The summed E-state index contributed by atoms with van der Waals surface area (Å²) in [4.78, 5) is 8.55. The molecule has 0 heterocycles. The van der Waals surface area contributed by atoms with Gasteiger partial charge < -0.3 is 19.8 Å². The average Bonchev–Trinajstić information content (AvgIpc) is 2.11. The minimum atomic E-state index is -2.48. The maximum absolute atomic E-state index is 10.4. The highest BCUT2D eigenvalue weighted by molar-refractivity contribution is 7.37. The Kier molecular flexibility index (Phi) is 7.61. The number of hydrogen-bond acceptors (Lipinski definition) is 4. The van der Waals surface area contributed by atoms with Crippen molar-refractivity contribution in [3.8, 4) is 0 Å². The lowest BCUT2D eigenvalue weighted by Gasteiger charge is -2.18. The predicted octanol–water partition coefficient (Wildman–Crippen LogP) is -1.83. The highest BCUT2D eigenvalue weighted by Crippen LogP contribution is 2.16. The first-order valence-corrected chi connectivity index (χ1v) is 5.75. The lowest BCUT2D eigenvalue weighted by atomic mass is 10.0. The molecule has 0 amide bonds. The van der Waals surface area contributed by atoms with Crippen molar-refractivity contribution in [1.29, 1.82) is 0 Å². The third-order valence-corrected chi connectivity index (χ3v) is 2.28. The second-order valence-corrected chi connectivity index (χ2v) is 4.15. The molecule has 0 aliphatic rings. The smallest absolute Gasteiger partial charge is 0.189 e. The van der Waals surface area contributed by atoms with Crippen LogP contribution >= 0.6 is 8.03 Å². The van der Waals surface area contributed by atoms with E-state index in [0.29, 0.717) is 6.42 Å². The van der Waals surface area contributed by atoms with Gasteiger partial charge in [0.15, 0.2) is 8.03 Å². The monoisotopic (exact) mass is 210 g/mol. The minimum Gasteiger partial charge on any atom is -0.394 e. The van der Waals surface area contributed by atoms with Crippen LogP contribution < -0.4 is 0 Å². The van der Waals surface area contributed by atoms with Gasteiger partial charge in [0.1, 0.15) is 7.85 Å². The Bertz CT molecular complexity index is 156. The molecule has 3 N–H and O–H groups in total. The summed E-state index contributed by atoms with van der Waals surface area (Å²) in [5.74, 6) is 0. The number of rotatable bonds is 7. The van der Waals surface area contributed by atoms with Crippen molar-refractivity contribution in [3.63, 3.8) is 0 Å². The number of aliphatic hydroxyl groups is 2. The third kappa shape index (κ3) is 7.22. The molecular weight excluding hydrogens is 194 g/mol. The maximum atomic E-state index is 10.4. The molecule has 0 aromatic rings. The van der Waals surface area contributed by atoms with Crippen molar-refractivity contribution in [1.82, 2.24) is 0 Å². The molecule has 1 unspecified atom stereocenters. The molecule has 0 bridgehead atoms. The summed E-state index contributed by atoms with van der Waals surface area (Å²) in [6, 6.07) is -0.349. The van der Waals surface area contributed by atoms with Crippen LogP contribution in [0.4, 0.5) is 0 Å². The molecule has 0 aliphatic carbocycles. The van der Waals surface area contributed by atoms with Gasteiger partial charge in [-0.2, -0.15) is 0 Å². The van der Waals surface area contributed by atoms with E-state index in [9.17, 15) is 4.57 Å². The molecule has 0 aromatic heterocycles. The Balaban J connectivity index is 3.68. The number of aliphatic hydroxyl groups excluding tert-OH is 2. The van der Waals surface area contributed by atoms with E-state index in [-0.39, 0.29) is 25.4 Å². The summed E-state index contributed by atoms with van der Waals surface area (Å²) in [6.07, 6.45) is 0.0339. The fraction of sp³-hybridized carbons (Fsp3) is 1.00. The quantitative estimate of drug-likeness (QED) is 0.340. The zero-order valence-corrected chi connectivity index (χ0v) is 8.64. The second-order valence-electron chi connectivity index (χ2n) is 2.87. The van der Waals surface area contributed by atoms with Crippen LogP contribution in [-0.2, 0) is 9.30 Å². The number of hydrogen-bond donors (Lipinski definition) is 3. The summed E-state index contributed by atoms with van der Waals surface area (Å²) in [5.41, 5.74) is 0. The van der Waals surface area contributed by atoms with Gasteiger partial charge in [0.2, 0.25) is 0 Å². The van der Waals surface area contributed by atoms with Gasteiger partial charge in [-0.25, -0.2) is 0 Å². The van der Waals surface area contributed by atoms with Crippen LogP contribution in [0.25, 0.3) is 0 Å². The van der Waals surface area contributed by atoms with Gasteiger partial charge in [-0.1, -0.05) is 0 Å². The summed E-state index contributed by atoms with van der Waals surface area (Å²) in [6.45, 7) is -0.315. The summed E-state index contributed by atoms with van der Waals surface area (Å²) >= 11 is 0. The first-order valence-electron chi connectivity index (χ1n) is 4.19. The molecule has 0 aromatic carbocycles. The highest BCUT2D eigenvalue weighted by Gasteiger charge is 2.12. The van der Waals surface area contributed by atoms with Gasteiger partial charge in [-0.05, 0) is 6.42 Å². The standard InChI is InChI=1S/C6H16BO5P/c7-6(4-9)12-5(3-8)1-2-13(10)11/h5-6,8-9,13H,1-4,7H2,(H,10,11)/t5-,6-/m1/s1. The molecule has 7 heteroatoms. The van der Waals surface area contributed by atoms with Crippen LogP contribution in [-0.4, -0.2) is 54.4 Å². The Labute approximate surface area is 79.0 Å². The molecule has 0 spiro atoms. The van der Waals surface area contributed by atoms with Gasteiger partial charge >= 0.3 is 0 Å². The van der Waals surface area contributed by atoms with Crippen molar-refractivity contribution in [2.24, 2.45) is 0 Å². The Morgan fingerprint density at radius 2 is 2.00 bits per heavy atom. The van der Waals surface area contributed by atoms with Gasteiger partial charge in [0, 0.05) is 12.2 Å². The molecule has 0 radical (unpaired) electrons. The Morgan fingerprint density at radius 3 is 2.38 bits per heavy atom. The topological polar surface area (TPSA) is 87.0 Å². The molecule has 0 fully saturated rings. The van der Waals surface area contributed by atoms with Crippen molar-refractivity contribution in [3.05, 3.63) is 0 Å². The van der Waals surface area contributed by atoms with Crippen LogP contribution in [0.5, 0.6) is 0 Å². The molecule has 5 nitrogen and oxygen atoms in total. The minimum absolute atomic E-state index is 0.120. The van der Waals surface area contributed by atoms with Crippen molar-refractivity contribution in [2.75, 3.05) is 19.4 Å². The maximum Gasteiger partial charge on any atom is 0.189 e. The lowest BCUT2D eigenvalue weighted by molar-refractivity contribution is -0.0250. The Morgan fingerprint density at radius 1 is 1.38 bits per heavy atom. The molecular formula is C6H16BO5P. The third-order valence-electron chi connectivity index (χ3n) is 1.57. The first-order chi connectivity index (χ1) is 6.10. The first kappa shape index (κ1) is 13.1. The molecule has 0 saturated heterocycles. The summed E-state index contributed by atoms with van der Waals surface area (Å²) in [7, 11) is -0.814. The van der Waals surface area contributed by atoms with E-state index in [2.05, 4.69) is 0 Å². The molecule has 0 rings (SSSR count). The number of ether oxygens (including phenoxy) is 1. The molecule has 13 heavy (non-hydrogen) atoms. The zero-order valence-electron chi connectivity index (χ0n) is 7.64. The van der Waals surface area contributed by atoms with Crippen LogP contribution in [0.1, 0.15) is 6.42 Å². The normalized spacial score (nSPS) is 18.1. The molecule has 3 atom stereocenters. The van der Waals surface area contributed by atoms with Gasteiger partial charge in [-0.3, -0.25) is 4.57 Å². The Hall–Kier alpha value is 0.135. The van der Waals surface area contributed by atoms with Crippen molar-refractivity contribution in [2.45, 2.75) is 18.5 Å². The van der Waals surface area contributed by atoms with Gasteiger partial charge in [-0.15, -0.1) is 0 Å². The summed E-state index contributed by atoms with van der Waals surface area (Å²) < 4.78 is 15.5. The van der Waals surface area contributed by atoms with Crippen molar-refractivity contribution < 1.29 is 24.4 Å². The fourth-order valence-corrected chi connectivity index (χ4v) is 1.43. The van der Waals surface area contributed by atoms with Crippen LogP contribution in [0.3, 0.4) is 0 Å². The van der Waals surface area contributed by atoms with E-state index in [0.717, 1.165) is 0 Å². The van der Waals surface area contributed by atoms with Gasteiger partial charge in [0.25, 0.3) is 0 Å². The van der Waals surface area contributed by atoms with E-state index in [1.54, 1.807) is 7.85 Å². The van der Waals surface area contributed by atoms with E-state index in [1.165, 1.54) is 0 Å². The molecule has 0 saturated carbocycles. The summed E-state index contributed by atoms with van der Waals surface area (Å²) in [5, 5.41) is 17.4. The fourth-order valence-electron chi connectivity index (χ4n) is 0.858. The van der Waals surface area contributed by atoms with E-state index < -0.39 is 14.1 Å². The zero-order chi connectivity index (χ0) is 10.3. The van der Waals surface area contributed by atoms with E-state index in [4.69, 9.17) is 19.8 Å². The van der Waals surface area contributed by atoms with Gasteiger partial charge in [0.05, 0.1) is 19.3 Å². The molecule has 78 valence electrons. The van der Waals surface area contributed by atoms with Crippen LogP contribution in [0.2, 0.25) is 0 Å².